The molecule has 0 bridgehead atoms. The molecule has 0 spiro atoms. The lowest BCUT2D eigenvalue weighted by Gasteiger charge is -2.38. The first-order chi connectivity index (χ1) is 10.9. The van der Waals surface area contributed by atoms with Crippen molar-refractivity contribution in [3.05, 3.63) is 11.6 Å². The molecule has 2 fully saturated rings. The van der Waals surface area contributed by atoms with Gasteiger partial charge in [-0.1, -0.05) is 18.6 Å². The van der Waals surface area contributed by atoms with E-state index in [9.17, 15) is 8.42 Å². The van der Waals surface area contributed by atoms with Gasteiger partial charge in [0.1, 0.15) is 0 Å². The van der Waals surface area contributed by atoms with Gasteiger partial charge in [0.25, 0.3) is 0 Å². The Labute approximate surface area is 142 Å². The molecule has 0 saturated carbocycles. The average molecular weight is 343 g/mol. The molecule has 2 atom stereocenters. The minimum absolute atomic E-state index is 0.283. The van der Waals surface area contributed by atoms with E-state index in [0.717, 1.165) is 38.5 Å². The van der Waals surface area contributed by atoms with Crippen LogP contribution in [0.5, 0.6) is 0 Å². The fraction of sp³-hybridized carbons (Fsp3) is 0.889. The van der Waals surface area contributed by atoms with Crippen molar-refractivity contribution < 1.29 is 8.42 Å². The minimum atomic E-state index is -2.75. The highest BCUT2D eigenvalue weighted by Crippen LogP contribution is 2.20. The maximum atomic E-state index is 11.6. The second kappa shape index (κ2) is 8.63. The Bertz CT molecular complexity index is 489. The van der Waals surface area contributed by atoms with Gasteiger partial charge >= 0.3 is 0 Å². The van der Waals surface area contributed by atoms with Gasteiger partial charge in [0.05, 0.1) is 11.5 Å². The van der Waals surface area contributed by atoms with Gasteiger partial charge in [0.2, 0.25) is 0 Å². The van der Waals surface area contributed by atoms with Crippen LogP contribution in [0.15, 0.2) is 11.6 Å². The molecule has 2 aliphatic rings. The smallest absolute Gasteiger partial charge is 0.151 e. The Balaban J connectivity index is 1.62. The molecule has 0 unspecified atom stereocenters. The number of rotatable bonds is 7. The van der Waals surface area contributed by atoms with Crippen molar-refractivity contribution in [2.24, 2.45) is 5.92 Å². The molecule has 0 N–H and O–H groups in total. The predicted octanol–water partition coefficient (Wildman–Crippen LogP) is 2.56. The van der Waals surface area contributed by atoms with Crippen molar-refractivity contribution in [1.29, 1.82) is 0 Å². The van der Waals surface area contributed by atoms with Crippen LogP contribution in [0.2, 0.25) is 0 Å². The Hall–Kier alpha value is -0.390. The Morgan fingerprint density at radius 2 is 1.87 bits per heavy atom. The number of piperazine rings is 1. The molecule has 2 aliphatic heterocycles. The second-order valence-corrected chi connectivity index (χ2v) is 9.92. The van der Waals surface area contributed by atoms with Crippen LogP contribution in [0.4, 0.5) is 0 Å². The summed E-state index contributed by atoms with van der Waals surface area (Å²) in [5, 5.41) is 0. The summed E-state index contributed by atoms with van der Waals surface area (Å²) in [6.45, 7) is 12.1. The molecule has 134 valence electrons. The summed E-state index contributed by atoms with van der Waals surface area (Å²) in [5.41, 5.74) is 1.42. The Kier molecular flexibility index (Phi) is 7.11. The molecular formula is C18H34N2O2S. The van der Waals surface area contributed by atoms with Gasteiger partial charge in [-0.25, -0.2) is 8.42 Å². The number of allylic oxidation sites excluding steroid dienone is 2. The molecule has 0 aromatic heterocycles. The lowest BCUT2D eigenvalue weighted by molar-refractivity contribution is 0.101. The van der Waals surface area contributed by atoms with E-state index in [4.69, 9.17) is 0 Å². The van der Waals surface area contributed by atoms with Crippen LogP contribution in [-0.2, 0) is 9.84 Å². The fourth-order valence-electron chi connectivity index (χ4n) is 3.62. The molecule has 0 radical (unpaired) electrons. The molecule has 2 heterocycles. The summed E-state index contributed by atoms with van der Waals surface area (Å²) in [6, 6.07) is 0.283. The first-order valence-electron chi connectivity index (χ1n) is 9.16. The van der Waals surface area contributed by atoms with Crippen LogP contribution in [0.25, 0.3) is 0 Å². The van der Waals surface area contributed by atoms with E-state index >= 15 is 0 Å². The number of nitrogens with zero attached hydrogens (tertiary/aromatic N) is 2. The van der Waals surface area contributed by atoms with Gasteiger partial charge in [0.15, 0.2) is 9.84 Å². The maximum Gasteiger partial charge on any atom is 0.151 e. The van der Waals surface area contributed by atoms with E-state index in [2.05, 4.69) is 36.6 Å². The Morgan fingerprint density at radius 3 is 2.43 bits per heavy atom. The molecule has 0 aliphatic carbocycles. The zero-order valence-corrected chi connectivity index (χ0v) is 15.9. The summed E-state index contributed by atoms with van der Waals surface area (Å²) in [7, 11) is -2.75. The minimum Gasteiger partial charge on any atom is -0.301 e. The van der Waals surface area contributed by atoms with Crippen LogP contribution >= 0.6 is 0 Å². The normalized spacial score (nSPS) is 27.0. The summed E-state index contributed by atoms with van der Waals surface area (Å²) in [6.07, 6.45) is 6.93. The van der Waals surface area contributed by atoms with Crippen molar-refractivity contribution in [3.63, 3.8) is 0 Å². The molecule has 0 aromatic carbocycles. The van der Waals surface area contributed by atoms with Crippen LogP contribution < -0.4 is 0 Å². The van der Waals surface area contributed by atoms with Crippen LogP contribution in [0, 0.1) is 5.92 Å². The number of hydrogen-bond donors (Lipinski definition) is 0. The zero-order chi connectivity index (χ0) is 16.9. The fourth-order valence-corrected chi connectivity index (χ4v) is 5.38. The van der Waals surface area contributed by atoms with E-state index < -0.39 is 9.84 Å². The number of sulfone groups is 1. The van der Waals surface area contributed by atoms with E-state index in [-0.39, 0.29) is 6.04 Å². The first-order valence-corrected chi connectivity index (χ1v) is 11.0. The summed E-state index contributed by atoms with van der Waals surface area (Å²) < 4.78 is 23.2. The van der Waals surface area contributed by atoms with Crippen LogP contribution in [0.1, 0.15) is 46.5 Å². The molecule has 4 nitrogen and oxygen atoms in total. The quantitative estimate of drug-likeness (QED) is 0.667. The first kappa shape index (κ1) is 18.9. The summed E-state index contributed by atoms with van der Waals surface area (Å²) in [4.78, 5) is 4.96. The molecular weight excluding hydrogens is 308 g/mol. The third-order valence-electron chi connectivity index (χ3n) is 5.28. The molecule has 0 aromatic rings. The van der Waals surface area contributed by atoms with Gasteiger partial charge in [-0.2, -0.15) is 0 Å². The summed E-state index contributed by atoms with van der Waals surface area (Å²) >= 11 is 0. The Morgan fingerprint density at radius 1 is 1.17 bits per heavy atom. The van der Waals surface area contributed by atoms with Crippen molar-refractivity contribution in [1.82, 2.24) is 9.80 Å². The number of hydrogen-bond acceptors (Lipinski definition) is 4. The van der Waals surface area contributed by atoms with Gasteiger partial charge in [-0.15, -0.1) is 0 Å². The predicted molar refractivity (Wildman–Crippen MR) is 97.5 cm³/mol. The SMILES string of the molecule is CC(C)=CCC[C@@H](C)CCN1CCN([C@H]2CCS(=O)(=O)C2)CC1. The molecule has 23 heavy (non-hydrogen) atoms. The zero-order valence-electron chi connectivity index (χ0n) is 15.1. The standard InChI is InChI=1S/C18H34N2O2S/c1-16(2)5-4-6-17(3)7-9-19-10-12-20(13-11-19)18-8-14-23(21,22)15-18/h5,17-18H,4,6-15H2,1-3H3/t17-,18+/m1/s1. The lowest BCUT2D eigenvalue weighted by Crippen LogP contribution is -2.50. The monoisotopic (exact) mass is 342 g/mol. The van der Waals surface area contributed by atoms with Gasteiger partial charge in [-0.05, 0) is 52.0 Å². The topological polar surface area (TPSA) is 40.6 Å². The molecule has 5 heteroatoms. The highest BCUT2D eigenvalue weighted by molar-refractivity contribution is 7.91. The van der Waals surface area contributed by atoms with Crippen molar-refractivity contribution in [3.8, 4) is 0 Å². The lowest BCUT2D eigenvalue weighted by atomic mass is 10.0. The van der Waals surface area contributed by atoms with E-state index in [1.54, 1.807) is 0 Å². The van der Waals surface area contributed by atoms with Crippen molar-refractivity contribution >= 4 is 9.84 Å². The molecule has 2 rings (SSSR count). The maximum absolute atomic E-state index is 11.6. The van der Waals surface area contributed by atoms with Crippen molar-refractivity contribution in [2.45, 2.75) is 52.5 Å². The van der Waals surface area contributed by atoms with E-state index in [0.29, 0.717) is 11.5 Å². The van der Waals surface area contributed by atoms with Gasteiger partial charge in [-0.3, -0.25) is 4.90 Å². The highest BCUT2D eigenvalue weighted by Gasteiger charge is 2.33. The third-order valence-corrected chi connectivity index (χ3v) is 7.03. The van der Waals surface area contributed by atoms with E-state index in [1.165, 1.54) is 31.4 Å². The second-order valence-electron chi connectivity index (χ2n) is 7.69. The van der Waals surface area contributed by atoms with Crippen LogP contribution in [0.3, 0.4) is 0 Å². The van der Waals surface area contributed by atoms with Crippen molar-refractivity contribution in [2.75, 3.05) is 44.2 Å². The third kappa shape index (κ3) is 6.55. The van der Waals surface area contributed by atoms with Crippen LogP contribution in [-0.4, -0.2) is 68.5 Å². The van der Waals surface area contributed by atoms with Gasteiger partial charge in [0, 0.05) is 32.2 Å². The highest BCUT2D eigenvalue weighted by atomic mass is 32.2. The molecule has 2 saturated heterocycles. The average Bonchev–Trinajstić information content (AvgIpc) is 2.85. The van der Waals surface area contributed by atoms with Gasteiger partial charge < -0.3 is 4.90 Å². The largest absolute Gasteiger partial charge is 0.301 e. The molecule has 0 amide bonds. The summed E-state index contributed by atoms with van der Waals surface area (Å²) in [5.74, 6) is 1.55. The van der Waals surface area contributed by atoms with E-state index in [1.807, 2.05) is 0 Å².